The molecule has 0 bridgehead atoms. The first-order valence-electron chi connectivity index (χ1n) is 15.0. The lowest BCUT2D eigenvalue weighted by molar-refractivity contribution is -0.139. The Morgan fingerprint density at radius 1 is 0.750 bits per heavy atom. The van der Waals surface area contributed by atoms with E-state index in [2.05, 4.69) is 5.32 Å². The number of carbonyl (C=O) groups excluding carboxylic acids is 2. The average Bonchev–Trinajstić information content (AvgIpc) is 3.60. The van der Waals surface area contributed by atoms with Crippen LogP contribution in [-0.2, 0) is 22.6 Å². The molecule has 48 heavy (non-hydrogen) atoms. The smallest absolute Gasteiger partial charge is 0.251 e. The molecule has 248 valence electrons. The number of aromatic nitrogens is 1. The van der Waals surface area contributed by atoms with Crippen molar-refractivity contribution in [1.29, 1.82) is 0 Å². The Balaban J connectivity index is 1.58. The molecule has 0 spiro atoms. The summed E-state index contributed by atoms with van der Waals surface area (Å²) in [6.45, 7) is 0.0681. The van der Waals surface area contributed by atoms with Gasteiger partial charge in [0, 0.05) is 17.0 Å². The van der Waals surface area contributed by atoms with E-state index in [0.29, 0.717) is 39.3 Å². The SMILES string of the molecule is COc1ccc(-c2csc(CN(C(=O)Cc3ccccc3)C(C(=O)Nc3ccc(OC)cc3OC)c3ccc(OC)c(OC)c3)n2)cc1. The van der Waals surface area contributed by atoms with Gasteiger partial charge in [0.25, 0.3) is 5.91 Å². The van der Waals surface area contributed by atoms with Gasteiger partial charge in [0.15, 0.2) is 11.5 Å². The molecule has 5 rings (SSSR count). The lowest BCUT2D eigenvalue weighted by Gasteiger charge is -2.31. The summed E-state index contributed by atoms with van der Waals surface area (Å²) in [5.41, 5.74) is 3.41. The largest absolute Gasteiger partial charge is 0.497 e. The minimum absolute atomic E-state index is 0.0681. The van der Waals surface area contributed by atoms with Crippen molar-refractivity contribution in [2.24, 2.45) is 0 Å². The number of hydrogen-bond donors (Lipinski definition) is 1. The third kappa shape index (κ3) is 7.87. The van der Waals surface area contributed by atoms with Crippen molar-refractivity contribution in [3.05, 3.63) is 113 Å². The van der Waals surface area contributed by atoms with E-state index in [1.54, 1.807) is 55.5 Å². The van der Waals surface area contributed by atoms with Crippen LogP contribution in [0.2, 0.25) is 0 Å². The van der Waals surface area contributed by atoms with Crippen molar-refractivity contribution in [2.45, 2.75) is 19.0 Å². The number of hydrogen-bond acceptors (Lipinski definition) is 9. The molecule has 0 saturated heterocycles. The first-order valence-corrected chi connectivity index (χ1v) is 15.9. The predicted octanol–water partition coefficient (Wildman–Crippen LogP) is 6.80. The molecule has 0 aliphatic carbocycles. The van der Waals surface area contributed by atoms with Gasteiger partial charge in [-0.2, -0.15) is 0 Å². The Bertz CT molecular complexity index is 1840. The fourth-order valence-electron chi connectivity index (χ4n) is 5.22. The van der Waals surface area contributed by atoms with Crippen molar-refractivity contribution in [2.75, 3.05) is 40.9 Å². The molecule has 10 nitrogen and oxygen atoms in total. The van der Waals surface area contributed by atoms with Crippen LogP contribution >= 0.6 is 11.3 Å². The molecule has 1 N–H and O–H groups in total. The minimum atomic E-state index is -1.10. The molecule has 1 atom stereocenters. The Morgan fingerprint density at radius 2 is 1.44 bits per heavy atom. The van der Waals surface area contributed by atoms with Crippen LogP contribution in [0.3, 0.4) is 0 Å². The second kappa shape index (κ2) is 15.8. The minimum Gasteiger partial charge on any atom is -0.497 e. The van der Waals surface area contributed by atoms with Gasteiger partial charge in [-0.1, -0.05) is 36.4 Å². The maximum atomic E-state index is 14.5. The zero-order chi connectivity index (χ0) is 34.0. The van der Waals surface area contributed by atoms with E-state index >= 15 is 0 Å². The van der Waals surface area contributed by atoms with Gasteiger partial charge in [-0.25, -0.2) is 4.98 Å². The molecule has 1 unspecified atom stereocenters. The van der Waals surface area contributed by atoms with E-state index < -0.39 is 11.9 Å². The number of methoxy groups -OCH3 is 5. The zero-order valence-corrected chi connectivity index (χ0v) is 28.2. The molecule has 11 heteroatoms. The van der Waals surface area contributed by atoms with E-state index in [-0.39, 0.29) is 18.9 Å². The predicted molar refractivity (Wildman–Crippen MR) is 185 cm³/mol. The third-order valence-corrected chi connectivity index (χ3v) is 8.55. The van der Waals surface area contributed by atoms with E-state index in [1.807, 2.05) is 60.0 Å². The summed E-state index contributed by atoms with van der Waals surface area (Å²) >= 11 is 1.41. The van der Waals surface area contributed by atoms with Crippen LogP contribution in [0.5, 0.6) is 28.7 Å². The van der Waals surface area contributed by atoms with Crippen LogP contribution in [0.15, 0.2) is 96.4 Å². The fraction of sp³-hybridized carbons (Fsp3) is 0.216. The first kappa shape index (κ1) is 33.8. The monoisotopic (exact) mass is 667 g/mol. The van der Waals surface area contributed by atoms with E-state index in [1.165, 1.54) is 32.7 Å². The average molecular weight is 668 g/mol. The topological polar surface area (TPSA) is 108 Å². The summed E-state index contributed by atoms with van der Waals surface area (Å²) in [7, 11) is 7.74. The second-order valence-corrected chi connectivity index (χ2v) is 11.6. The van der Waals surface area contributed by atoms with Gasteiger partial charge in [-0.15, -0.1) is 11.3 Å². The van der Waals surface area contributed by atoms with Crippen LogP contribution < -0.4 is 29.0 Å². The van der Waals surface area contributed by atoms with Crippen LogP contribution in [0.4, 0.5) is 5.69 Å². The van der Waals surface area contributed by atoms with Crippen molar-refractivity contribution >= 4 is 28.8 Å². The van der Waals surface area contributed by atoms with Crippen LogP contribution in [0.1, 0.15) is 22.2 Å². The summed E-state index contributed by atoms with van der Waals surface area (Å²) in [5.74, 6) is 1.89. The lowest BCUT2D eigenvalue weighted by atomic mass is 10.0. The Labute approximate surface area is 283 Å². The normalized spacial score (nSPS) is 11.3. The summed E-state index contributed by atoms with van der Waals surface area (Å²) in [6.07, 6.45) is 0.0699. The molecule has 4 aromatic carbocycles. The maximum Gasteiger partial charge on any atom is 0.251 e. The summed E-state index contributed by atoms with van der Waals surface area (Å²) in [5, 5.41) is 5.58. The number of rotatable bonds is 14. The van der Waals surface area contributed by atoms with Gasteiger partial charge in [0.05, 0.1) is 59.9 Å². The van der Waals surface area contributed by atoms with Crippen molar-refractivity contribution in [1.82, 2.24) is 9.88 Å². The molecule has 0 aliphatic rings. The molecular weight excluding hydrogens is 630 g/mol. The zero-order valence-electron chi connectivity index (χ0n) is 27.4. The molecule has 0 saturated carbocycles. The van der Waals surface area contributed by atoms with E-state index in [4.69, 9.17) is 28.7 Å². The highest BCUT2D eigenvalue weighted by Gasteiger charge is 2.34. The van der Waals surface area contributed by atoms with Gasteiger partial charge < -0.3 is 33.9 Å². The summed E-state index contributed by atoms with van der Waals surface area (Å²) in [6, 6.07) is 26.2. The van der Waals surface area contributed by atoms with Gasteiger partial charge in [-0.3, -0.25) is 9.59 Å². The Kier molecular flexibility index (Phi) is 11.1. The van der Waals surface area contributed by atoms with Gasteiger partial charge >= 0.3 is 0 Å². The van der Waals surface area contributed by atoms with E-state index in [0.717, 1.165) is 22.6 Å². The second-order valence-electron chi connectivity index (χ2n) is 10.6. The summed E-state index contributed by atoms with van der Waals surface area (Å²) < 4.78 is 27.3. The van der Waals surface area contributed by atoms with Gasteiger partial charge in [-0.05, 0) is 59.7 Å². The molecule has 1 aromatic heterocycles. The van der Waals surface area contributed by atoms with Crippen LogP contribution in [-0.4, -0.2) is 57.2 Å². The fourth-order valence-corrected chi connectivity index (χ4v) is 6.02. The van der Waals surface area contributed by atoms with E-state index in [9.17, 15) is 9.59 Å². The first-order chi connectivity index (χ1) is 23.4. The number of carbonyl (C=O) groups is 2. The Hall–Kier alpha value is -5.55. The van der Waals surface area contributed by atoms with Crippen molar-refractivity contribution in [3.63, 3.8) is 0 Å². The van der Waals surface area contributed by atoms with Gasteiger partial charge in [0.1, 0.15) is 28.3 Å². The van der Waals surface area contributed by atoms with Crippen LogP contribution in [0.25, 0.3) is 11.3 Å². The number of nitrogens with zero attached hydrogens (tertiary/aromatic N) is 2. The standard InChI is InChI=1S/C37H37N3O7S/c1-43-27-14-11-25(12-15-27)30-23-48-34(38-30)22-40(35(41)19-24-9-7-6-8-10-24)36(26-13-18-31(45-3)33(20-26)47-5)37(42)39-29-17-16-28(44-2)21-32(29)46-4/h6-18,20-21,23,36H,19,22H2,1-5H3,(H,39,42). The number of anilines is 1. The molecular formula is C37H37N3O7S. The van der Waals surface area contributed by atoms with Crippen molar-refractivity contribution < 1.29 is 33.3 Å². The molecule has 0 aliphatic heterocycles. The molecule has 1 heterocycles. The molecule has 2 amide bonds. The van der Waals surface area contributed by atoms with Gasteiger partial charge in [0.2, 0.25) is 5.91 Å². The van der Waals surface area contributed by atoms with Crippen molar-refractivity contribution in [3.8, 4) is 40.0 Å². The summed E-state index contributed by atoms with van der Waals surface area (Å²) in [4.78, 5) is 35.2. The third-order valence-electron chi connectivity index (χ3n) is 7.71. The quantitative estimate of drug-likeness (QED) is 0.138. The molecule has 0 fully saturated rings. The molecule has 0 radical (unpaired) electrons. The number of amides is 2. The highest BCUT2D eigenvalue weighted by molar-refractivity contribution is 7.09. The number of nitrogens with one attached hydrogen (secondary N) is 1. The lowest BCUT2D eigenvalue weighted by Crippen LogP contribution is -2.41. The highest BCUT2D eigenvalue weighted by Crippen LogP contribution is 2.36. The van der Waals surface area contributed by atoms with Crippen LogP contribution in [0, 0.1) is 0 Å². The Morgan fingerprint density at radius 3 is 2.10 bits per heavy atom. The highest BCUT2D eigenvalue weighted by atomic mass is 32.1. The molecule has 5 aromatic rings. The number of benzene rings is 4. The number of ether oxygens (including phenoxy) is 5. The number of thiazole rings is 1. The maximum absolute atomic E-state index is 14.5.